The molecule has 2 nitrogen and oxygen atoms in total. The zero-order valence-electron chi connectivity index (χ0n) is 6.12. The molecule has 0 aromatic rings. The molecule has 0 aromatic carbocycles. The van der Waals surface area contributed by atoms with Crippen LogP contribution < -0.4 is 5.32 Å². The lowest BCUT2D eigenvalue weighted by molar-refractivity contribution is -0.243. The number of nitrogens with one attached hydrogen (secondary N) is 1. The first-order chi connectivity index (χ1) is 5.11. The van der Waals surface area contributed by atoms with E-state index in [2.05, 4.69) is 5.32 Å². The van der Waals surface area contributed by atoms with E-state index >= 15 is 0 Å². The third kappa shape index (κ3) is 2.67. The largest absolute Gasteiger partial charge is 0.459 e. The molecule has 1 N–H and O–H groups in total. The number of halogens is 3. The highest BCUT2D eigenvalue weighted by Gasteiger charge is 2.36. The molecule has 0 aromatic heterocycles. The Bertz CT molecular complexity index is 115. The van der Waals surface area contributed by atoms with Crippen LogP contribution in [0.1, 0.15) is 6.42 Å². The van der Waals surface area contributed by atoms with Crippen LogP contribution in [0.5, 0.6) is 0 Å². The van der Waals surface area contributed by atoms with Crippen LogP contribution in [0.2, 0.25) is 0 Å². The molecule has 1 fully saturated rings. The molecule has 0 radical (unpaired) electrons. The van der Waals surface area contributed by atoms with E-state index in [-0.39, 0.29) is 13.1 Å². The highest BCUT2D eigenvalue weighted by atomic mass is 19.4. The van der Waals surface area contributed by atoms with Crippen molar-refractivity contribution in [2.24, 2.45) is 0 Å². The Balaban J connectivity index is 2.43. The summed E-state index contributed by atoms with van der Waals surface area (Å²) in [5, 5.41) is 2.91. The average Bonchev–Trinajstić information content (AvgIpc) is 2.10. The number of alkyl halides is 3. The highest BCUT2D eigenvalue weighted by Crippen LogP contribution is 2.21. The van der Waals surface area contributed by atoms with Crippen LogP contribution in [0, 0.1) is 0 Å². The lowest BCUT2D eigenvalue weighted by Crippen LogP contribution is -2.40. The molecule has 1 rings (SSSR count). The summed E-state index contributed by atoms with van der Waals surface area (Å²) in [5.74, 6) is 0. The Morgan fingerprint density at radius 1 is 1.09 bits per heavy atom. The van der Waals surface area contributed by atoms with E-state index in [0.717, 1.165) is 0 Å². The second-order valence-electron chi connectivity index (χ2n) is 2.56. The second-order valence-corrected chi connectivity index (χ2v) is 2.56. The second kappa shape index (κ2) is 3.40. The number of hydrogen-bond donors (Lipinski definition) is 1. The minimum Gasteiger partial charge on any atom is -0.315 e. The predicted octanol–water partition coefficient (Wildman–Crippen LogP) is 0.801. The quantitative estimate of drug-likeness (QED) is 0.538. The van der Waals surface area contributed by atoms with E-state index in [1.54, 1.807) is 0 Å². The van der Waals surface area contributed by atoms with Crippen LogP contribution in [0.25, 0.3) is 0 Å². The molecule has 1 saturated heterocycles. The van der Waals surface area contributed by atoms with Crippen molar-refractivity contribution >= 4 is 0 Å². The molecule has 0 bridgehead atoms. The first-order valence-electron chi connectivity index (χ1n) is 3.63. The fraction of sp³-hybridized carbons (Fsp3) is 1.00. The van der Waals surface area contributed by atoms with Gasteiger partial charge in [-0.05, 0) is 13.0 Å². The van der Waals surface area contributed by atoms with E-state index < -0.39 is 6.30 Å². The molecule has 0 unspecified atom stereocenters. The number of nitrogens with zero attached hydrogens (tertiary/aromatic N) is 1. The van der Waals surface area contributed by atoms with Gasteiger partial charge in [-0.15, -0.1) is 0 Å². The van der Waals surface area contributed by atoms with Crippen molar-refractivity contribution in [3.63, 3.8) is 0 Å². The van der Waals surface area contributed by atoms with Crippen molar-refractivity contribution in [2.45, 2.75) is 12.7 Å². The van der Waals surface area contributed by atoms with Gasteiger partial charge < -0.3 is 5.32 Å². The van der Waals surface area contributed by atoms with E-state index in [1.807, 2.05) is 0 Å². The first kappa shape index (κ1) is 8.80. The first-order valence-corrected chi connectivity index (χ1v) is 3.63. The average molecular weight is 168 g/mol. The summed E-state index contributed by atoms with van der Waals surface area (Å²) in [6.45, 7) is 1.31. The van der Waals surface area contributed by atoms with Gasteiger partial charge in [-0.3, -0.25) is 0 Å². The number of rotatable bonds is 0. The molecule has 5 heteroatoms. The van der Waals surface area contributed by atoms with Gasteiger partial charge in [0.2, 0.25) is 0 Å². The fourth-order valence-corrected chi connectivity index (χ4v) is 1.10. The topological polar surface area (TPSA) is 15.3 Å². The molecule has 0 aliphatic carbocycles. The van der Waals surface area contributed by atoms with E-state index in [9.17, 15) is 13.2 Å². The molecule has 1 heterocycles. The van der Waals surface area contributed by atoms with Crippen molar-refractivity contribution in [3.05, 3.63) is 0 Å². The van der Waals surface area contributed by atoms with E-state index in [4.69, 9.17) is 0 Å². The summed E-state index contributed by atoms with van der Waals surface area (Å²) in [5.41, 5.74) is 0. The normalized spacial score (nSPS) is 23.2. The smallest absolute Gasteiger partial charge is 0.315 e. The zero-order chi connectivity index (χ0) is 8.32. The molecule has 1 aliphatic heterocycles. The van der Waals surface area contributed by atoms with Gasteiger partial charge in [0.1, 0.15) is 0 Å². The third-order valence-corrected chi connectivity index (χ3v) is 1.70. The minimum atomic E-state index is -4.15. The van der Waals surface area contributed by atoms with Crippen molar-refractivity contribution in [1.82, 2.24) is 10.2 Å². The van der Waals surface area contributed by atoms with Gasteiger partial charge in [0.05, 0.1) is 0 Å². The van der Waals surface area contributed by atoms with Crippen molar-refractivity contribution < 1.29 is 13.2 Å². The zero-order valence-corrected chi connectivity index (χ0v) is 6.12. The van der Waals surface area contributed by atoms with Gasteiger partial charge in [0.15, 0.2) is 0 Å². The van der Waals surface area contributed by atoms with Gasteiger partial charge >= 0.3 is 6.30 Å². The highest BCUT2D eigenvalue weighted by molar-refractivity contribution is 4.67. The maximum Gasteiger partial charge on any atom is 0.459 e. The van der Waals surface area contributed by atoms with Gasteiger partial charge in [0, 0.05) is 19.6 Å². The molecule has 1 aliphatic rings. The van der Waals surface area contributed by atoms with Gasteiger partial charge in [0.25, 0.3) is 0 Å². The molecule has 66 valence electrons. The maximum atomic E-state index is 12.0. The fourth-order valence-electron chi connectivity index (χ4n) is 1.10. The van der Waals surface area contributed by atoms with Crippen LogP contribution in [0.3, 0.4) is 0 Å². The molecule has 0 saturated carbocycles. The summed E-state index contributed by atoms with van der Waals surface area (Å²) in [4.78, 5) is 0.549. The summed E-state index contributed by atoms with van der Waals surface area (Å²) in [6.07, 6.45) is -3.58. The Hall–Kier alpha value is -0.290. The Morgan fingerprint density at radius 2 is 1.82 bits per heavy atom. The van der Waals surface area contributed by atoms with Gasteiger partial charge in [-0.2, -0.15) is 13.2 Å². The molecular formula is C6H11F3N2. The van der Waals surface area contributed by atoms with Crippen molar-refractivity contribution in [2.75, 3.05) is 26.2 Å². The van der Waals surface area contributed by atoms with E-state index in [1.165, 1.54) is 0 Å². The van der Waals surface area contributed by atoms with E-state index in [0.29, 0.717) is 24.4 Å². The molecule has 0 atom stereocenters. The molecule has 0 amide bonds. The van der Waals surface area contributed by atoms with Gasteiger partial charge in [-0.25, -0.2) is 4.90 Å². The maximum absolute atomic E-state index is 12.0. The summed E-state index contributed by atoms with van der Waals surface area (Å²) in [6, 6.07) is 0. The number of hydrogen-bond acceptors (Lipinski definition) is 2. The monoisotopic (exact) mass is 168 g/mol. The molecule has 11 heavy (non-hydrogen) atoms. The lowest BCUT2D eigenvalue weighted by Gasteiger charge is -2.21. The summed E-state index contributed by atoms with van der Waals surface area (Å²) < 4.78 is 36.1. The van der Waals surface area contributed by atoms with Gasteiger partial charge in [-0.1, -0.05) is 0 Å². The van der Waals surface area contributed by atoms with Crippen LogP contribution in [-0.2, 0) is 0 Å². The Kier molecular flexibility index (Phi) is 2.72. The van der Waals surface area contributed by atoms with Crippen LogP contribution in [-0.4, -0.2) is 37.4 Å². The lowest BCUT2D eigenvalue weighted by atomic mass is 10.4. The molecule has 0 spiro atoms. The SMILES string of the molecule is FC(F)(F)N1CCCNCC1. The molecular weight excluding hydrogens is 157 g/mol. The van der Waals surface area contributed by atoms with Crippen LogP contribution in [0.4, 0.5) is 13.2 Å². The van der Waals surface area contributed by atoms with Crippen molar-refractivity contribution in [1.29, 1.82) is 0 Å². The summed E-state index contributed by atoms with van der Waals surface area (Å²) in [7, 11) is 0. The van der Waals surface area contributed by atoms with Crippen LogP contribution in [0.15, 0.2) is 0 Å². The Labute approximate surface area is 63.4 Å². The summed E-state index contributed by atoms with van der Waals surface area (Å²) >= 11 is 0. The Morgan fingerprint density at radius 3 is 2.45 bits per heavy atom. The van der Waals surface area contributed by atoms with Crippen molar-refractivity contribution in [3.8, 4) is 0 Å². The minimum absolute atomic E-state index is 0.0729. The predicted molar refractivity (Wildman–Crippen MR) is 35.1 cm³/mol. The third-order valence-electron chi connectivity index (χ3n) is 1.70. The standard InChI is InChI=1S/C6H11F3N2/c7-6(8,9)11-4-1-2-10-3-5-11/h10H,1-5H2. The van der Waals surface area contributed by atoms with Crippen LogP contribution >= 0.6 is 0 Å².